The summed E-state index contributed by atoms with van der Waals surface area (Å²) in [5.74, 6) is 1.27. The Morgan fingerprint density at radius 3 is 2.66 bits per heavy atom. The van der Waals surface area contributed by atoms with Crippen molar-refractivity contribution in [2.24, 2.45) is 0 Å². The molecule has 0 fully saturated rings. The monoisotopic (exact) mass is 461 g/mol. The molecule has 1 heterocycles. The van der Waals surface area contributed by atoms with E-state index < -0.39 is 0 Å². The van der Waals surface area contributed by atoms with Crippen molar-refractivity contribution in [2.45, 2.75) is 18.7 Å². The van der Waals surface area contributed by atoms with Crippen LogP contribution in [0.2, 0.25) is 5.02 Å². The van der Waals surface area contributed by atoms with Crippen molar-refractivity contribution >= 4 is 40.5 Å². The number of aromatic amines is 1. The highest BCUT2D eigenvalue weighted by molar-refractivity contribution is 8.03. The van der Waals surface area contributed by atoms with Crippen LogP contribution in [0.15, 0.2) is 76.8 Å². The number of rotatable bonds is 8. The SMILES string of the molecule is CCOc1cc(/C=C(\C#N)Sc2nc3ccccc3[nH]2)ccc1OCc1ccc(Cl)cc1. The van der Waals surface area contributed by atoms with Crippen molar-refractivity contribution in [3.63, 3.8) is 0 Å². The molecule has 0 aliphatic carbocycles. The molecule has 3 aromatic carbocycles. The van der Waals surface area contributed by atoms with E-state index in [1.165, 1.54) is 11.8 Å². The molecule has 0 atom stereocenters. The Morgan fingerprint density at radius 1 is 1.09 bits per heavy atom. The van der Waals surface area contributed by atoms with E-state index in [0.29, 0.717) is 39.8 Å². The lowest BCUT2D eigenvalue weighted by molar-refractivity contribution is 0.269. The van der Waals surface area contributed by atoms with Crippen LogP contribution in [-0.4, -0.2) is 16.6 Å². The molecule has 1 aromatic heterocycles. The van der Waals surface area contributed by atoms with Gasteiger partial charge in [-0.15, -0.1) is 0 Å². The highest BCUT2D eigenvalue weighted by atomic mass is 35.5. The van der Waals surface area contributed by atoms with Gasteiger partial charge in [0, 0.05) is 5.02 Å². The van der Waals surface area contributed by atoms with Crippen molar-refractivity contribution in [1.82, 2.24) is 9.97 Å². The third kappa shape index (κ3) is 5.44. The number of benzene rings is 3. The quantitative estimate of drug-likeness (QED) is 0.229. The summed E-state index contributed by atoms with van der Waals surface area (Å²) in [4.78, 5) is 8.27. The summed E-state index contributed by atoms with van der Waals surface area (Å²) < 4.78 is 11.7. The molecule has 0 saturated carbocycles. The first kappa shape index (κ1) is 21.8. The van der Waals surface area contributed by atoms with Gasteiger partial charge in [-0.05, 0) is 72.3 Å². The number of nitrogens with zero attached hydrogens (tertiary/aromatic N) is 2. The fourth-order valence-corrected chi connectivity index (χ4v) is 3.94. The molecule has 0 bridgehead atoms. The average Bonchev–Trinajstić information content (AvgIpc) is 3.22. The third-order valence-electron chi connectivity index (χ3n) is 4.56. The zero-order valence-corrected chi connectivity index (χ0v) is 18.9. The summed E-state index contributed by atoms with van der Waals surface area (Å²) in [5, 5.41) is 11.0. The summed E-state index contributed by atoms with van der Waals surface area (Å²) in [6, 6.07) is 23.2. The number of ether oxygens (including phenoxy) is 2. The van der Waals surface area contributed by atoms with Crippen LogP contribution in [0.1, 0.15) is 18.1 Å². The topological polar surface area (TPSA) is 70.9 Å². The number of halogens is 1. The number of hydrogen-bond donors (Lipinski definition) is 1. The lowest BCUT2D eigenvalue weighted by atomic mass is 10.2. The van der Waals surface area contributed by atoms with E-state index in [9.17, 15) is 5.26 Å². The maximum absolute atomic E-state index is 9.63. The maximum Gasteiger partial charge on any atom is 0.171 e. The largest absolute Gasteiger partial charge is 0.490 e. The van der Waals surface area contributed by atoms with Crippen LogP contribution in [0.5, 0.6) is 11.5 Å². The molecule has 5 nitrogen and oxygen atoms in total. The second-order valence-corrected chi connectivity index (χ2v) is 8.30. The van der Waals surface area contributed by atoms with E-state index in [2.05, 4.69) is 16.0 Å². The molecular weight excluding hydrogens is 442 g/mol. The minimum Gasteiger partial charge on any atom is -0.490 e. The molecule has 0 amide bonds. The van der Waals surface area contributed by atoms with Gasteiger partial charge in [-0.1, -0.05) is 41.9 Å². The van der Waals surface area contributed by atoms with Crippen molar-refractivity contribution < 1.29 is 9.47 Å². The predicted molar refractivity (Wildman–Crippen MR) is 129 cm³/mol. The van der Waals surface area contributed by atoms with Gasteiger partial charge in [0.1, 0.15) is 12.7 Å². The molecule has 160 valence electrons. The number of imidazole rings is 1. The number of para-hydroxylation sites is 2. The highest BCUT2D eigenvalue weighted by Gasteiger charge is 2.10. The standard InChI is InChI=1S/C25H20ClN3O2S/c1-2-30-24-14-18(9-12-23(24)31-16-17-7-10-19(26)11-8-17)13-20(15-27)32-25-28-21-5-3-4-6-22(21)29-25/h3-14H,2,16H2,1H3,(H,28,29)/b20-13+. The lowest BCUT2D eigenvalue weighted by Crippen LogP contribution is -2.00. The molecule has 0 aliphatic heterocycles. The first-order chi connectivity index (χ1) is 15.6. The van der Waals surface area contributed by atoms with Gasteiger partial charge in [-0.3, -0.25) is 0 Å². The van der Waals surface area contributed by atoms with Gasteiger partial charge in [-0.25, -0.2) is 4.98 Å². The number of thioether (sulfide) groups is 1. The smallest absolute Gasteiger partial charge is 0.171 e. The molecule has 0 saturated heterocycles. The van der Waals surface area contributed by atoms with Crippen LogP contribution in [0, 0.1) is 11.3 Å². The van der Waals surface area contributed by atoms with E-state index in [1.54, 1.807) is 0 Å². The number of nitrogens with one attached hydrogen (secondary N) is 1. The van der Waals surface area contributed by atoms with Crippen LogP contribution >= 0.6 is 23.4 Å². The fourth-order valence-electron chi connectivity index (χ4n) is 3.06. The van der Waals surface area contributed by atoms with Gasteiger partial charge >= 0.3 is 0 Å². The predicted octanol–water partition coefficient (Wildman–Crippen LogP) is 6.85. The normalized spacial score (nSPS) is 11.3. The number of allylic oxidation sites excluding steroid dienone is 1. The zero-order chi connectivity index (χ0) is 22.3. The highest BCUT2D eigenvalue weighted by Crippen LogP contribution is 2.32. The molecule has 1 N–H and O–H groups in total. The van der Waals surface area contributed by atoms with Crippen LogP contribution in [0.3, 0.4) is 0 Å². The van der Waals surface area contributed by atoms with E-state index in [4.69, 9.17) is 21.1 Å². The summed E-state index contributed by atoms with van der Waals surface area (Å²) in [5.41, 5.74) is 3.66. The van der Waals surface area contributed by atoms with Crippen LogP contribution in [0.25, 0.3) is 17.1 Å². The molecule has 0 unspecified atom stereocenters. The number of nitriles is 1. The maximum atomic E-state index is 9.63. The fraction of sp³-hybridized carbons (Fsp3) is 0.120. The number of fused-ring (bicyclic) bond motifs is 1. The number of H-pyrrole nitrogens is 1. The van der Waals surface area contributed by atoms with Crippen LogP contribution in [-0.2, 0) is 6.61 Å². The molecule has 4 rings (SSSR count). The van der Waals surface area contributed by atoms with Gasteiger partial charge in [0.25, 0.3) is 0 Å². The minimum absolute atomic E-state index is 0.401. The molecule has 4 aromatic rings. The third-order valence-corrected chi connectivity index (χ3v) is 5.63. The van der Waals surface area contributed by atoms with Crippen molar-refractivity contribution in [3.8, 4) is 17.6 Å². The van der Waals surface area contributed by atoms with Crippen LogP contribution < -0.4 is 9.47 Å². The van der Waals surface area contributed by atoms with Gasteiger partial charge in [0.05, 0.1) is 22.5 Å². The summed E-state index contributed by atoms with van der Waals surface area (Å²) >= 11 is 7.23. The van der Waals surface area contributed by atoms with E-state index in [-0.39, 0.29) is 0 Å². The summed E-state index contributed by atoms with van der Waals surface area (Å²) in [6.45, 7) is 2.82. The number of aromatic nitrogens is 2. The minimum atomic E-state index is 0.401. The Labute approximate surface area is 195 Å². The van der Waals surface area contributed by atoms with Gasteiger partial charge in [0.2, 0.25) is 0 Å². The molecule has 0 spiro atoms. The van der Waals surface area contributed by atoms with E-state index >= 15 is 0 Å². The Balaban J connectivity index is 1.52. The van der Waals surface area contributed by atoms with Crippen LogP contribution in [0.4, 0.5) is 0 Å². The first-order valence-corrected chi connectivity index (χ1v) is 11.2. The zero-order valence-electron chi connectivity index (χ0n) is 17.3. The van der Waals surface area contributed by atoms with Crippen molar-refractivity contribution in [3.05, 3.63) is 87.8 Å². The second kappa shape index (κ2) is 10.3. The van der Waals surface area contributed by atoms with E-state index in [1.807, 2.05) is 79.7 Å². The Hall–Kier alpha value is -3.40. The van der Waals surface area contributed by atoms with Gasteiger partial charge < -0.3 is 14.5 Å². The Bertz CT molecular complexity index is 1260. The van der Waals surface area contributed by atoms with Gasteiger partial charge in [0.15, 0.2) is 16.7 Å². The molecule has 0 radical (unpaired) electrons. The van der Waals surface area contributed by atoms with Gasteiger partial charge in [-0.2, -0.15) is 5.26 Å². The van der Waals surface area contributed by atoms with E-state index in [0.717, 1.165) is 22.2 Å². The molecule has 0 aliphatic rings. The molecule has 32 heavy (non-hydrogen) atoms. The van der Waals surface area contributed by atoms with Crippen molar-refractivity contribution in [1.29, 1.82) is 5.26 Å². The molecular formula is C25H20ClN3O2S. The second-order valence-electron chi connectivity index (χ2n) is 6.84. The summed E-state index contributed by atoms with van der Waals surface area (Å²) in [7, 11) is 0. The molecule has 7 heteroatoms. The number of hydrogen-bond acceptors (Lipinski definition) is 5. The Morgan fingerprint density at radius 2 is 1.91 bits per heavy atom. The average molecular weight is 462 g/mol. The van der Waals surface area contributed by atoms with Crippen molar-refractivity contribution in [2.75, 3.05) is 6.61 Å². The Kier molecular flexibility index (Phi) is 7.00. The summed E-state index contributed by atoms with van der Waals surface area (Å²) in [6.07, 6.45) is 1.81. The lowest BCUT2D eigenvalue weighted by Gasteiger charge is -2.13. The first-order valence-electron chi connectivity index (χ1n) is 10.0.